The van der Waals surface area contributed by atoms with Gasteiger partial charge in [0.2, 0.25) is 0 Å². The maximum atomic E-state index is 13.0. The number of rotatable bonds is 4. The third-order valence-corrected chi connectivity index (χ3v) is 8.85. The number of hydroxylamine groups is 1. The molecule has 142 valence electrons. The van der Waals surface area contributed by atoms with Crippen LogP contribution in [-0.4, -0.2) is 55.0 Å². The Bertz CT molecular complexity index is 1050. The molecule has 0 bridgehead atoms. The molecule has 4 rings (SSSR count). The van der Waals surface area contributed by atoms with E-state index in [4.69, 9.17) is 5.21 Å². The molecule has 1 aromatic carbocycles. The van der Waals surface area contributed by atoms with Crippen molar-refractivity contribution in [2.45, 2.75) is 4.21 Å². The summed E-state index contributed by atoms with van der Waals surface area (Å²) in [5.74, 6) is -0.607. The quantitative estimate of drug-likeness (QED) is 0.490. The number of carbonyl (C=O) groups is 1. The molecule has 8 nitrogen and oxygen atoms in total. The third-order valence-electron chi connectivity index (χ3n) is 4.33. The first-order chi connectivity index (χ1) is 13.0. The molecule has 1 aliphatic rings. The van der Waals surface area contributed by atoms with Gasteiger partial charge < -0.3 is 4.90 Å². The van der Waals surface area contributed by atoms with Crippen LogP contribution in [0.15, 0.2) is 40.7 Å². The molecule has 2 N–H and O–H groups in total. The minimum atomic E-state index is -3.53. The molecule has 0 saturated carbocycles. The van der Waals surface area contributed by atoms with Gasteiger partial charge in [-0.2, -0.15) is 4.31 Å². The molecule has 3 aromatic rings. The maximum Gasteiger partial charge on any atom is 0.286 e. The largest absolute Gasteiger partial charge is 0.345 e. The maximum absolute atomic E-state index is 13.0. The first kappa shape index (κ1) is 18.3. The Balaban J connectivity index is 1.48. The number of hydrogen-bond donors (Lipinski definition) is 2. The van der Waals surface area contributed by atoms with Crippen molar-refractivity contribution in [1.82, 2.24) is 14.8 Å². The van der Waals surface area contributed by atoms with E-state index in [9.17, 15) is 13.2 Å². The average Bonchev–Trinajstić information content (AvgIpc) is 3.35. The van der Waals surface area contributed by atoms with Crippen LogP contribution in [0.25, 0.3) is 10.1 Å². The average molecular weight is 425 g/mol. The molecule has 11 heteroatoms. The van der Waals surface area contributed by atoms with Crippen molar-refractivity contribution in [1.29, 1.82) is 0 Å². The van der Waals surface area contributed by atoms with Gasteiger partial charge in [0, 0.05) is 30.9 Å². The molecular weight excluding hydrogens is 408 g/mol. The van der Waals surface area contributed by atoms with Crippen molar-refractivity contribution in [2.75, 3.05) is 31.1 Å². The molecule has 0 atom stereocenters. The number of thiophene rings is 1. The van der Waals surface area contributed by atoms with Gasteiger partial charge in [0.25, 0.3) is 15.9 Å². The Hall–Kier alpha value is -2.05. The van der Waals surface area contributed by atoms with Gasteiger partial charge in [-0.3, -0.25) is 10.0 Å². The number of nitrogens with one attached hydrogen (secondary N) is 1. The van der Waals surface area contributed by atoms with E-state index in [1.54, 1.807) is 11.5 Å². The van der Waals surface area contributed by atoms with Crippen molar-refractivity contribution in [3.05, 3.63) is 41.4 Å². The zero-order chi connectivity index (χ0) is 19.0. The van der Waals surface area contributed by atoms with Gasteiger partial charge in [0.15, 0.2) is 5.13 Å². The minimum absolute atomic E-state index is 0.299. The molecule has 0 spiro atoms. The van der Waals surface area contributed by atoms with Crippen LogP contribution in [0.2, 0.25) is 0 Å². The van der Waals surface area contributed by atoms with Gasteiger partial charge in [-0.1, -0.05) is 29.5 Å². The van der Waals surface area contributed by atoms with Crippen molar-refractivity contribution in [2.24, 2.45) is 0 Å². The van der Waals surface area contributed by atoms with E-state index >= 15 is 0 Å². The molecule has 3 heterocycles. The second kappa shape index (κ2) is 7.17. The number of amides is 1. The predicted octanol–water partition coefficient (Wildman–Crippen LogP) is 1.99. The molecule has 1 fully saturated rings. The third kappa shape index (κ3) is 3.44. The van der Waals surface area contributed by atoms with Gasteiger partial charge in [-0.05, 0) is 17.5 Å². The highest BCUT2D eigenvalue weighted by atomic mass is 32.2. The van der Waals surface area contributed by atoms with Crippen LogP contribution in [0, 0.1) is 0 Å². The van der Waals surface area contributed by atoms with Gasteiger partial charge in [-0.15, -0.1) is 11.3 Å². The molecule has 1 amide bonds. The van der Waals surface area contributed by atoms with E-state index in [-0.39, 0.29) is 0 Å². The highest BCUT2D eigenvalue weighted by Crippen LogP contribution is 2.32. The molecule has 1 aliphatic heterocycles. The van der Waals surface area contributed by atoms with Crippen molar-refractivity contribution < 1.29 is 18.4 Å². The van der Waals surface area contributed by atoms with Gasteiger partial charge in [-0.25, -0.2) is 18.9 Å². The molecule has 0 unspecified atom stereocenters. The minimum Gasteiger partial charge on any atom is -0.345 e. The first-order valence-electron chi connectivity index (χ1n) is 8.13. The van der Waals surface area contributed by atoms with Crippen LogP contribution in [0.1, 0.15) is 9.67 Å². The highest BCUT2D eigenvalue weighted by Gasteiger charge is 2.30. The fourth-order valence-corrected chi connectivity index (χ4v) is 6.74. The van der Waals surface area contributed by atoms with Crippen LogP contribution in [0.4, 0.5) is 5.13 Å². The van der Waals surface area contributed by atoms with Crippen LogP contribution in [0.5, 0.6) is 0 Å². The summed E-state index contributed by atoms with van der Waals surface area (Å²) in [5, 5.41) is 10.2. The fourth-order valence-electron chi connectivity index (χ4n) is 2.90. The topological polar surface area (TPSA) is 103 Å². The van der Waals surface area contributed by atoms with Crippen LogP contribution in [0.3, 0.4) is 0 Å². The molecule has 1 saturated heterocycles. The second-order valence-corrected chi connectivity index (χ2v) is 10.2. The highest BCUT2D eigenvalue weighted by molar-refractivity contribution is 7.91. The summed E-state index contributed by atoms with van der Waals surface area (Å²) in [6.07, 6.45) is 1.39. The Labute approximate surface area is 163 Å². The lowest BCUT2D eigenvalue weighted by Crippen LogP contribution is -2.48. The second-order valence-electron chi connectivity index (χ2n) is 5.94. The Morgan fingerprint density at radius 3 is 2.59 bits per heavy atom. The van der Waals surface area contributed by atoms with Crippen molar-refractivity contribution in [3.63, 3.8) is 0 Å². The molecule has 27 heavy (non-hydrogen) atoms. The van der Waals surface area contributed by atoms with Crippen molar-refractivity contribution >= 4 is 53.8 Å². The predicted molar refractivity (Wildman–Crippen MR) is 104 cm³/mol. The Morgan fingerprint density at radius 2 is 1.89 bits per heavy atom. The van der Waals surface area contributed by atoms with Crippen LogP contribution < -0.4 is 10.4 Å². The number of nitrogens with zero attached hydrogens (tertiary/aromatic N) is 3. The zero-order valence-corrected chi connectivity index (χ0v) is 16.5. The van der Waals surface area contributed by atoms with E-state index in [0.717, 1.165) is 21.4 Å². The van der Waals surface area contributed by atoms with Gasteiger partial charge in [0.05, 0.1) is 6.20 Å². The zero-order valence-electron chi connectivity index (χ0n) is 14.0. The number of piperazine rings is 1. The summed E-state index contributed by atoms with van der Waals surface area (Å²) < 4.78 is 28.7. The van der Waals surface area contributed by atoms with Crippen LogP contribution >= 0.6 is 22.7 Å². The molecule has 0 aliphatic carbocycles. The molecule has 2 aromatic heterocycles. The summed E-state index contributed by atoms with van der Waals surface area (Å²) in [6, 6.07) is 9.34. The summed E-state index contributed by atoms with van der Waals surface area (Å²) >= 11 is 2.44. The smallest absolute Gasteiger partial charge is 0.286 e. The van der Waals surface area contributed by atoms with E-state index < -0.39 is 15.9 Å². The van der Waals surface area contributed by atoms with E-state index in [0.29, 0.717) is 40.4 Å². The summed E-state index contributed by atoms with van der Waals surface area (Å²) in [4.78, 5) is 17.9. The van der Waals surface area contributed by atoms with E-state index in [2.05, 4.69) is 4.98 Å². The first-order valence-corrected chi connectivity index (χ1v) is 11.2. The molecular formula is C16H16N4O4S3. The van der Waals surface area contributed by atoms with E-state index in [1.807, 2.05) is 29.2 Å². The fraction of sp³-hybridized carbons (Fsp3) is 0.250. The summed E-state index contributed by atoms with van der Waals surface area (Å²) in [7, 11) is -3.53. The van der Waals surface area contributed by atoms with Gasteiger partial charge >= 0.3 is 0 Å². The monoisotopic (exact) mass is 424 g/mol. The number of aromatic nitrogens is 1. The van der Waals surface area contributed by atoms with Crippen LogP contribution in [-0.2, 0) is 10.0 Å². The summed E-state index contributed by atoms with van der Waals surface area (Å²) in [5.41, 5.74) is 1.58. The standard InChI is InChI=1S/C16H16N4O4S3/c21-15(18-22)13-10-17-16(26-13)19-5-7-20(8-6-19)27(23,24)14-9-11-3-1-2-4-12(11)25-14/h1-4,9-10,22H,5-8H2,(H,18,21). The van der Waals surface area contributed by atoms with E-state index in [1.165, 1.54) is 21.8 Å². The lowest BCUT2D eigenvalue weighted by molar-refractivity contribution is 0.0710. The number of benzene rings is 1. The number of sulfonamides is 1. The lowest BCUT2D eigenvalue weighted by Gasteiger charge is -2.33. The SMILES string of the molecule is O=C(NO)c1cnc(N2CCN(S(=O)(=O)c3cc4ccccc4s3)CC2)s1. The van der Waals surface area contributed by atoms with Crippen molar-refractivity contribution in [3.8, 4) is 0 Å². The van der Waals surface area contributed by atoms with Gasteiger partial charge in [0.1, 0.15) is 9.09 Å². The lowest BCUT2D eigenvalue weighted by atomic mass is 10.3. The number of anilines is 1. The Kier molecular flexibility index (Phi) is 4.86. The summed E-state index contributed by atoms with van der Waals surface area (Å²) in [6.45, 7) is 1.66. The number of thiazole rings is 1. The number of carbonyl (C=O) groups excluding carboxylic acids is 1. The molecule has 0 radical (unpaired) electrons. The number of fused-ring (bicyclic) bond motifs is 1. The Morgan fingerprint density at radius 1 is 1.15 bits per heavy atom. The number of hydrogen-bond acceptors (Lipinski definition) is 8. The normalized spacial score (nSPS) is 16.0.